The third-order valence-electron chi connectivity index (χ3n) is 5.27. The smallest absolute Gasteiger partial charge is 0.267 e. The lowest BCUT2D eigenvalue weighted by Crippen LogP contribution is -2.16. The summed E-state index contributed by atoms with van der Waals surface area (Å²) in [6, 6.07) is 11.0. The zero-order chi connectivity index (χ0) is 27.4. The molecule has 2 aromatic carbocycles. The molecule has 200 valence electrons. The predicted molar refractivity (Wildman–Crippen MR) is 147 cm³/mol. The highest BCUT2D eigenvalue weighted by Crippen LogP contribution is 2.39. The van der Waals surface area contributed by atoms with Crippen LogP contribution >= 0.6 is 11.3 Å². The van der Waals surface area contributed by atoms with Crippen LogP contribution in [-0.4, -0.2) is 46.5 Å². The number of nitrogens with zero attached hydrogens (tertiary/aromatic N) is 3. The van der Waals surface area contributed by atoms with Crippen molar-refractivity contribution in [2.75, 3.05) is 28.6 Å². The van der Waals surface area contributed by atoms with Crippen LogP contribution in [0.4, 0.5) is 20.4 Å². The molecular formula is C25H25F2N5O3S3. The third-order valence-corrected chi connectivity index (χ3v) is 8.86. The Balaban J connectivity index is 1.70. The summed E-state index contributed by atoms with van der Waals surface area (Å²) in [7, 11) is -4.53. The Morgan fingerprint density at radius 2 is 1.79 bits per heavy atom. The van der Waals surface area contributed by atoms with Gasteiger partial charge in [0.1, 0.15) is 17.4 Å². The Hall–Kier alpha value is -3.13. The quantitative estimate of drug-likeness (QED) is 0.247. The SMILES string of the molecule is CC(C)c1nc(-c2cccc(NS(=O)(=O)c3c(F)cccc3F)c2)c(-c2ccnc(NCC[S+](C)[O-])n2)s1. The van der Waals surface area contributed by atoms with Gasteiger partial charge < -0.3 is 9.87 Å². The number of rotatable bonds is 10. The molecule has 0 aliphatic heterocycles. The van der Waals surface area contributed by atoms with Gasteiger partial charge in [-0.1, -0.05) is 43.2 Å². The summed E-state index contributed by atoms with van der Waals surface area (Å²) >= 11 is 0.505. The molecule has 0 bridgehead atoms. The van der Waals surface area contributed by atoms with Crippen LogP contribution in [0.1, 0.15) is 24.8 Å². The van der Waals surface area contributed by atoms with Crippen molar-refractivity contribution in [1.82, 2.24) is 15.0 Å². The van der Waals surface area contributed by atoms with Crippen molar-refractivity contribution in [2.24, 2.45) is 0 Å². The van der Waals surface area contributed by atoms with Gasteiger partial charge in [-0.05, 0) is 30.3 Å². The van der Waals surface area contributed by atoms with Crippen molar-refractivity contribution in [3.8, 4) is 21.8 Å². The molecule has 8 nitrogen and oxygen atoms in total. The fourth-order valence-corrected chi connectivity index (χ4v) is 6.14. The molecule has 0 amide bonds. The summed E-state index contributed by atoms with van der Waals surface area (Å²) in [6.45, 7) is 4.47. The van der Waals surface area contributed by atoms with E-state index in [2.05, 4.69) is 20.0 Å². The fraction of sp³-hybridized carbons (Fsp3) is 0.240. The van der Waals surface area contributed by atoms with Crippen molar-refractivity contribution in [3.63, 3.8) is 0 Å². The Kier molecular flexibility index (Phi) is 8.61. The average Bonchev–Trinajstić information content (AvgIpc) is 3.30. The van der Waals surface area contributed by atoms with Gasteiger partial charge in [-0.15, -0.1) is 11.3 Å². The van der Waals surface area contributed by atoms with Gasteiger partial charge in [-0.2, -0.15) is 0 Å². The molecular weight excluding hydrogens is 553 g/mol. The second-order valence-corrected chi connectivity index (χ2v) is 12.8. The first-order chi connectivity index (χ1) is 18.0. The second-order valence-electron chi connectivity index (χ2n) is 8.59. The zero-order valence-corrected chi connectivity index (χ0v) is 23.2. The molecule has 38 heavy (non-hydrogen) atoms. The number of aromatic nitrogens is 3. The van der Waals surface area contributed by atoms with Crippen LogP contribution in [0.15, 0.2) is 59.6 Å². The molecule has 4 aromatic rings. The van der Waals surface area contributed by atoms with Crippen LogP contribution < -0.4 is 10.0 Å². The van der Waals surface area contributed by atoms with Gasteiger partial charge in [0.25, 0.3) is 10.0 Å². The lowest BCUT2D eigenvalue weighted by molar-refractivity contribution is 0.521. The maximum Gasteiger partial charge on any atom is 0.267 e. The van der Waals surface area contributed by atoms with E-state index in [1.807, 2.05) is 13.8 Å². The Morgan fingerprint density at radius 3 is 2.47 bits per heavy atom. The molecule has 2 aromatic heterocycles. The van der Waals surface area contributed by atoms with E-state index in [-0.39, 0.29) is 11.6 Å². The number of thiazole rings is 1. The molecule has 0 saturated heterocycles. The maximum absolute atomic E-state index is 14.2. The van der Waals surface area contributed by atoms with E-state index in [1.165, 1.54) is 17.4 Å². The van der Waals surface area contributed by atoms with Gasteiger partial charge in [-0.3, -0.25) is 4.72 Å². The Bertz CT molecular complexity index is 1520. The first-order valence-electron chi connectivity index (χ1n) is 11.5. The number of nitrogens with one attached hydrogen (secondary N) is 2. The van der Waals surface area contributed by atoms with Gasteiger partial charge in [-0.25, -0.2) is 32.2 Å². The largest absolute Gasteiger partial charge is 0.617 e. The number of hydrogen-bond acceptors (Lipinski definition) is 8. The van der Waals surface area contributed by atoms with Crippen LogP contribution in [0.5, 0.6) is 0 Å². The highest BCUT2D eigenvalue weighted by Gasteiger charge is 2.25. The highest BCUT2D eigenvalue weighted by atomic mass is 32.2. The lowest BCUT2D eigenvalue weighted by Gasteiger charge is -2.11. The minimum atomic E-state index is -4.53. The first kappa shape index (κ1) is 27.9. The summed E-state index contributed by atoms with van der Waals surface area (Å²) in [5.74, 6) is -1.41. The van der Waals surface area contributed by atoms with Crippen LogP contribution in [0, 0.1) is 11.6 Å². The lowest BCUT2D eigenvalue weighted by atomic mass is 10.1. The second kappa shape index (κ2) is 11.7. The number of anilines is 2. The number of benzene rings is 2. The van der Waals surface area contributed by atoms with Crippen molar-refractivity contribution in [2.45, 2.75) is 24.7 Å². The minimum absolute atomic E-state index is 0.118. The van der Waals surface area contributed by atoms with Crippen molar-refractivity contribution >= 4 is 44.2 Å². The van der Waals surface area contributed by atoms with E-state index < -0.39 is 37.7 Å². The van der Waals surface area contributed by atoms with E-state index in [4.69, 9.17) is 4.98 Å². The highest BCUT2D eigenvalue weighted by molar-refractivity contribution is 7.92. The third kappa shape index (κ3) is 6.46. The van der Waals surface area contributed by atoms with Gasteiger partial charge in [0.05, 0.1) is 34.1 Å². The number of sulfonamides is 1. The summed E-state index contributed by atoms with van der Waals surface area (Å²) in [5.41, 5.74) is 1.90. The molecule has 0 aliphatic rings. The number of halogens is 2. The van der Waals surface area contributed by atoms with E-state index in [9.17, 15) is 21.8 Å². The molecule has 0 saturated carbocycles. The van der Waals surface area contributed by atoms with Gasteiger partial charge in [0.2, 0.25) is 5.95 Å². The molecule has 4 rings (SSSR count). The standard InChI is InChI=1S/C25H25F2N5O3S3/c1-15(2)24-31-21(22(36-24)20-10-11-28-25(30-20)29-12-13-37(3)33)16-6-4-7-17(14-16)32-38(34,35)23-18(26)8-5-9-19(23)27/h4-11,14-15,32H,12-13H2,1-3H3,(H,28,29,30). The van der Waals surface area contributed by atoms with Crippen LogP contribution in [-0.2, 0) is 21.2 Å². The summed E-state index contributed by atoms with van der Waals surface area (Å²) in [6.07, 6.45) is 3.23. The van der Waals surface area contributed by atoms with Gasteiger partial charge in [0.15, 0.2) is 4.90 Å². The average molecular weight is 578 g/mol. The molecule has 0 aliphatic carbocycles. The zero-order valence-electron chi connectivity index (χ0n) is 20.7. The normalized spacial score (nSPS) is 12.5. The van der Waals surface area contributed by atoms with E-state index in [1.54, 1.807) is 36.7 Å². The molecule has 0 spiro atoms. The van der Waals surface area contributed by atoms with Gasteiger partial charge >= 0.3 is 0 Å². The van der Waals surface area contributed by atoms with Crippen LogP contribution in [0.25, 0.3) is 21.8 Å². The molecule has 1 unspecified atom stereocenters. The molecule has 0 fully saturated rings. The maximum atomic E-state index is 14.2. The van der Waals surface area contributed by atoms with Gasteiger partial charge in [0, 0.05) is 23.4 Å². The van der Waals surface area contributed by atoms with Crippen LogP contribution in [0.3, 0.4) is 0 Å². The minimum Gasteiger partial charge on any atom is -0.617 e. The number of hydrogen-bond donors (Lipinski definition) is 2. The molecule has 1 atom stereocenters. The van der Waals surface area contributed by atoms with Crippen molar-refractivity contribution in [3.05, 3.63) is 71.4 Å². The van der Waals surface area contributed by atoms with Crippen LogP contribution in [0.2, 0.25) is 0 Å². The summed E-state index contributed by atoms with van der Waals surface area (Å²) in [5, 5.41) is 3.92. The summed E-state index contributed by atoms with van der Waals surface area (Å²) < 4.78 is 67.5. The topological polar surface area (TPSA) is 120 Å². The fourth-order valence-electron chi connectivity index (χ4n) is 3.51. The summed E-state index contributed by atoms with van der Waals surface area (Å²) in [4.78, 5) is 13.3. The molecule has 2 N–H and O–H groups in total. The molecule has 2 heterocycles. The van der Waals surface area contributed by atoms with Crippen molar-refractivity contribution in [1.29, 1.82) is 0 Å². The predicted octanol–water partition coefficient (Wildman–Crippen LogP) is 5.26. The Labute approximate surface area is 226 Å². The van der Waals surface area contributed by atoms with E-state index in [0.717, 1.165) is 28.1 Å². The molecule has 13 heteroatoms. The monoisotopic (exact) mass is 577 g/mol. The first-order valence-corrected chi connectivity index (χ1v) is 15.5. The van der Waals surface area contributed by atoms with Crippen molar-refractivity contribution < 1.29 is 21.8 Å². The molecule has 0 radical (unpaired) electrons. The van der Waals surface area contributed by atoms with E-state index >= 15 is 0 Å². The Morgan fingerprint density at radius 1 is 1.08 bits per heavy atom. The van der Waals surface area contributed by atoms with E-state index in [0.29, 0.717) is 35.2 Å².